The van der Waals surface area contributed by atoms with Crippen LogP contribution in [0.4, 0.5) is 0 Å². The molecule has 5 aliphatic rings. The summed E-state index contributed by atoms with van der Waals surface area (Å²) in [4.78, 5) is 25.5. The molecule has 2 N–H and O–H groups in total. The zero-order valence-electron chi connectivity index (χ0n) is 18.0. The van der Waals surface area contributed by atoms with Crippen LogP contribution in [0.3, 0.4) is 0 Å². The third-order valence-electron chi connectivity index (χ3n) is 10.0. The second-order valence-electron chi connectivity index (χ2n) is 11.4. The molecule has 0 aromatic heterocycles. The van der Waals surface area contributed by atoms with Gasteiger partial charge in [-0.05, 0) is 43.4 Å². The van der Waals surface area contributed by atoms with Crippen molar-refractivity contribution in [2.45, 2.75) is 82.9 Å². The van der Waals surface area contributed by atoms with Gasteiger partial charge in [0.05, 0.1) is 23.1 Å². The van der Waals surface area contributed by atoms with Crippen molar-refractivity contribution in [1.29, 1.82) is 0 Å². The number of carbonyl (C=O) groups is 2. The molecule has 2 heterocycles. The van der Waals surface area contributed by atoms with Crippen LogP contribution in [-0.2, 0) is 14.3 Å². The maximum atomic E-state index is 13.1. The second-order valence-corrected chi connectivity index (χ2v) is 12.0. The molecule has 1 spiro atoms. The fraction of sp³-hybridized carbons (Fsp3) is 0.913. The van der Waals surface area contributed by atoms with Crippen molar-refractivity contribution in [3.05, 3.63) is 0 Å². The van der Waals surface area contributed by atoms with Crippen LogP contribution in [0.25, 0.3) is 0 Å². The number of aliphatic hydroxyl groups excluding tert-OH is 1. The molecular formula is C23H35NO4S. The molecule has 3 saturated carbocycles. The summed E-state index contributed by atoms with van der Waals surface area (Å²) in [7, 11) is 0. The van der Waals surface area contributed by atoms with Gasteiger partial charge in [0, 0.05) is 35.6 Å². The van der Waals surface area contributed by atoms with Crippen LogP contribution in [-0.4, -0.2) is 46.4 Å². The summed E-state index contributed by atoms with van der Waals surface area (Å²) >= 11 is 4.75. The van der Waals surface area contributed by atoms with Crippen LogP contribution < -0.4 is 5.32 Å². The summed E-state index contributed by atoms with van der Waals surface area (Å²) in [5.41, 5.74) is -1.02. The number of ketones is 1. The highest BCUT2D eigenvalue weighted by Gasteiger charge is 2.71. The van der Waals surface area contributed by atoms with Gasteiger partial charge in [-0.25, -0.2) is 0 Å². The van der Waals surface area contributed by atoms with E-state index in [0.717, 1.165) is 19.3 Å². The molecule has 2 aliphatic heterocycles. The molecule has 29 heavy (non-hydrogen) atoms. The summed E-state index contributed by atoms with van der Waals surface area (Å²) < 4.78 is 7.19. The number of nitrogens with one attached hydrogen (secondary N) is 1. The predicted octanol–water partition coefficient (Wildman–Crippen LogP) is 2.61. The zero-order valence-corrected chi connectivity index (χ0v) is 18.9. The van der Waals surface area contributed by atoms with Crippen molar-refractivity contribution < 1.29 is 19.4 Å². The van der Waals surface area contributed by atoms with E-state index in [0.29, 0.717) is 25.3 Å². The largest absolute Gasteiger partial charge is 0.393 e. The SMILES string of the molecule is CC1CCC2C(C)(C)C(=O)C(S)CC23OC2C(CC13C)C(O)CC1C(=O)NCC12. The number of fused-ring (bicyclic) bond motifs is 3. The summed E-state index contributed by atoms with van der Waals surface area (Å²) in [6, 6.07) is 0. The third-order valence-corrected chi connectivity index (χ3v) is 10.4. The van der Waals surface area contributed by atoms with Gasteiger partial charge in [0.1, 0.15) is 0 Å². The molecule has 5 fully saturated rings. The van der Waals surface area contributed by atoms with Crippen molar-refractivity contribution in [2.24, 2.45) is 40.4 Å². The van der Waals surface area contributed by atoms with Gasteiger partial charge in [-0.15, -0.1) is 0 Å². The number of Topliss-reactive ketones (excluding diaryl/α,β-unsaturated/α-hetero) is 1. The Kier molecular flexibility index (Phi) is 4.36. The van der Waals surface area contributed by atoms with E-state index in [9.17, 15) is 14.7 Å². The molecule has 0 bridgehead atoms. The lowest BCUT2D eigenvalue weighted by Crippen LogP contribution is -2.74. The van der Waals surface area contributed by atoms with E-state index in [1.54, 1.807) is 0 Å². The van der Waals surface area contributed by atoms with Gasteiger partial charge in [0.2, 0.25) is 5.91 Å². The highest BCUT2D eigenvalue weighted by atomic mass is 32.1. The Labute approximate surface area is 179 Å². The van der Waals surface area contributed by atoms with E-state index in [1.807, 2.05) is 0 Å². The molecule has 1 amide bonds. The van der Waals surface area contributed by atoms with Crippen molar-refractivity contribution in [3.8, 4) is 0 Å². The first-order valence-corrected chi connectivity index (χ1v) is 11.9. The topological polar surface area (TPSA) is 75.6 Å². The van der Waals surface area contributed by atoms with Crippen LogP contribution in [0.15, 0.2) is 0 Å². The molecule has 10 atom stereocenters. The van der Waals surface area contributed by atoms with E-state index in [1.165, 1.54) is 0 Å². The molecule has 0 radical (unpaired) electrons. The molecule has 0 aromatic carbocycles. The fourth-order valence-electron chi connectivity index (χ4n) is 8.17. The maximum Gasteiger partial charge on any atom is 0.223 e. The van der Waals surface area contributed by atoms with Crippen LogP contribution in [0.2, 0.25) is 0 Å². The van der Waals surface area contributed by atoms with Gasteiger partial charge in [0.15, 0.2) is 5.78 Å². The highest BCUT2D eigenvalue weighted by molar-refractivity contribution is 7.81. The van der Waals surface area contributed by atoms with Crippen molar-refractivity contribution in [2.75, 3.05) is 6.54 Å². The second kappa shape index (κ2) is 6.23. The first kappa shape index (κ1) is 20.3. The zero-order chi connectivity index (χ0) is 20.9. The predicted molar refractivity (Wildman–Crippen MR) is 112 cm³/mol. The number of rotatable bonds is 0. The Balaban J connectivity index is 1.62. The van der Waals surface area contributed by atoms with Gasteiger partial charge in [-0.1, -0.05) is 27.7 Å². The van der Waals surface area contributed by atoms with Gasteiger partial charge in [-0.2, -0.15) is 12.6 Å². The number of aliphatic hydroxyl groups is 1. The Morgan fingerprint density at radius 1 is 1.14 bits per heavy atom. The monoisotopic (exact) mass is 421 g/mol. The lowest BCUT2D eigenvalue weighted by atomic mass is 9.42. The first-order valence-electron chi connectivity index (χ1n) is 11.4. The number of carbonyl (C=O) groups excluding carboxylic acids is 2. The minimum Gasteiger partial charge on any atom is -0.393 e. The Morgan fingerprint density at radius 3 is 2.59 bits per heavy atom. The van der Waals surface area contributed by atoms with E-state index in [2.05, 4.69) is 33.0 Å². The number of amides is 1. The molecule has 2 saturated heterocycles. The average Bonchev–Trinajstić information content (AvgIpc) is 3.01. The molecule has 3 aliphatic carbocycles. The Morgan fingerprint density at radius 2 is 1.86 bits per heavy atom. The van der Waals surface area contributed by atoms with Gasteiger partial charge in [0.25, 0.3) is 0 Å². The molecule has 5 rings (SSSR count). The lowest BCUT2D eigenvalue weighted by molar-refractivity contribution is -0.321. The van der Waals surface area contributed by atoms with E-state index < -0.39 is 17.1 Å². The highest BCUT2D eigenvalue weighted by Crippen LogP contribution is 2.68. The van der Waals surface area contributed by atoms with Crippen LogP contribution >= 0.6 is 12.6 Å². The van der Waals surface area contributed by atoms with Gasteiger partial charge < -0.3 is 15.2 Å². The molecule has 162 valence electrons. The van der Waals surface area contributed by atoms with E-state index >= 15 is 0 Å². The summed E-state index contributed by atoms with van der Waals surface area (Å²) in [6.45, 7) is 9.45. The quantitative estimate of drug-likeness (QED) is 0.526. The maximum absolute atomic E-state index is 13.1. The minimum atomic E-state index is -0.503. The average molecular weight is 422 g/mol. The normalized spacial score (nSPS) is 55.9. The Hall–Kier alpha value is -0.590. The van der Waals surface area contributed by atoms with E-state index in [-0.39, 0.29) is 52.1 Å². The van der Waals surface area contributed by atoms with Crippen molar-refractivity contribution in [1.82, 2.24) is 5.32 Å². The standard InChI is InChI=1S/C23H35NO4S/c1-11-5-6-17-21(2,3)19(26)16(29)9-23(17)22(11,4)8-13-15(25)7-12-14(18(13)28-23)10-24-20(12)27/h11-18,25,29H,5-10H2,1-4H3,(H,24,27). The molecule has 0 aromatic rings. The van der Waals surface area contributed by atoms with Crippen LogP contribution in [0.1, 0.15) is 59.8 Å². The fourth-order valence-corrected chi connectivity index (χ4v) is 8.77. The molecular weight excluding hydrogens is 386 g/mol. The number of thiol groups is 1. The number of ether oxygens (including phenoxy) is 1. The molecule has 10 unspecified atom stereocenters. The third kappa shape index (κ3) is 2.43. The lowest BCUT2D eigenvalue weighted by Gasteiger charge is -2.70. The molecule has 6 heteroatoms. The van der Waals surface area contributed by atoms with Crippen LogP contribution in [0.5, 0.6) is 0 Å². The van der Waals surface area contributed by atoms with Crippen molar-refractivity contribution in [3.63, 3.8) is 0 Å². The summed E-state index contributed by atoms with van der Waals surface area (Å²) in [6.07, 6.45) is 3.52. The minimum absolute atomic E-state index is 0.0554. The van der Waals surface area contributed by atoms with Crippen LogP contribution in [0, 0.1) is 40.4 Å². The van der Waals surface area contributed by atoms with E-state index in [4.69, 9.17) is 17.4 Å². The van der Waals surface area contributed by atoms with Gasteiger partial charge >= 0.3 is 0 Å². The first-order chi connectivity index (χ1) is 13.5. The summed E-state index contributed by atoms with van der Waals surface area (Å²) in [5, 5.41) is 13.7. The van der Waals surface area contributed by atoms with Gasteiger partial charge in [-0.3, -0.25) is 9.59 Å². The molecule has 5 nitrogen and oxygen atoms in total. The van der Waals surface area contributed by atoms with Crippen molar-refractivity contribution >= 4 is 24.3 Å². The number of hydrogen-bond donors (Lipinski definition) is 3. The smallest absolute Gasteiger partial charge is 0.223 e. The number of hydrogen-bond acceptors (Lipinski definition) is 5. The summed E-state index contributed by atoms with van der Waals surface area (Å²) in [5.74, 6) is 0.913. The Bertz CT molecular complexity index is 755.